The first-order chi connectivity index (χ1) is 14.3. The van der Waals surface area contributed by atoms with Gasteiger partial charge in [0, 0.05) is 34.6 Å². The zero-order valence-electron chi connectivity index (χ0n) is 18.7. The van der Waals surface area contributed by atoms with Gasteiger partial charge in [-0.1, -0.05) is 45.0 Å². The van der Waals surface area contributed by atoms with E-state index in [-0.39, 0.29) is 11.8 Å². The van der Waals surface area contributed by atoms with Gasteiger partial charge in [0.15, 0.2) is 0 Å². The minimum absolute atomic E-state index is 0.124. The van der Waals surface area contributed by atoms with Gasteiger partial charge in [-0.3, -0.25) is 13.6 Å². The molecule has 0 fully saturated rings. The van der Waals surface area contributed by atoms with Crippen LogP contribution in [0.2, 0.25) is 0 Å². The maximum Gasteiger partial charge on any atom is 0.677 e. The fraction of sp³-hybridized carbons (Fsp3) is 0.458. The molecule has 0 N–H and O–H groups in total. The number of nitrogens with zero attached hydrogens (tertiary/aromatic N) is 2. The van der Waals surface area contributed by atoms with E-state index in [9.17, 15) is 8.63 Å². The largest absolute Gasteiger partial charge is 0.677 e. The highest BCUT2D eigenvalue weighted by molar-refractivity contribution is 6.41. The van der Waals surface area contributed by atoms with E-state index in [2.05, 4.69) is 13.8 Å². The van der Waals surface area contributed by atoms with Crippen molar-refractivity contribution in [2.75, 3.05) is 0 Å². The monoisotopic (exact) mass is 430 g/mol. The van der Waals surface area contributed by atoms with Crippen molar-refractivity contribution in [3.05, 3.63) is 69.2 Å². The number of hydrogen-bond acceptors (Lipinski definition) is 1. The lowest BCUT2D eigenvalue weighted by atomic mass is 9.80. The van der Waals surface area contributed by atoms with Crippen molar-refractivity contribution in [1.82, 2.24) is 4.48 Å². The van der Waals surface area contributed by atoms with Crippen LogP contribution in [0.3, 0.4) is 0 Å². The Morgan fingerprint density at radius 3 is 2.20 bits per heavy atom. The smallest absolute Gasteiger partial charge is 0.332 e. The summed E-state index contributed by atoms with van der Waals surface area (Å²) in [5, 5.41) is 0. The third kappa shape index (κ3) is 3.77. The molecule has 1 aliphatic rings. The summed E-state index contributed by atoms with van der Waals surface area (Å²) in [5.41, 5.74) is 8.49. The summed E-state index contributed by atoms with van der Waals surface area (Å²) in [6.07, 6.45) is 1.63. The average Bonchev–Trinajstić information content (AvgIpc) is 3.14. The Bertz CT molecular complexity index is 990. The summed E-state index contributed by atoms with van der Waals surface area (Å²) < 4.78 is 29.8. The van der Waals surface area contributed by atoms with Gasteiger partial charge in [-0.25, -0.2) is 0 Å². The highest BCUT2D eigenvalue weighted by atomic mass is 35.5. The van der Waals surface area contributed by atoms with E-state index in [1.54, 1.807) is 6.92 Å². The van der Waals surface area contributed by atoms with Crippen molar-refractivity contribution in [3.8, 4) is 0 Å². The molecule has 2 unspecified atom stereocenters. The Morgan fingerprint density at radius 2 is 1.73 bits per heavy atom. The predicted octanol–water partition coefficient (Wildman–Crippen LogP) is 7.08. The summed E-state index contributed by atoms with van der Waals surface area (Å²) >= 11 is 5.98. The molecule has 2 aromatic rings. The van der Waals surface area contributed by atoms with Gasteiger partial charge in [0.05, 0.1) is 5.92 Å². The molecule has 1 aliphatic heterocycles. The molecular formula is C24H30BClF2N2. The third-order valence-electron chi connectivity index (χ3n) is 6.59. The Balaban J connectivity index is 2.28. The van der Waals surface area contributed by atoms with Crippen molar-refractivity contribution >= 4 is 24.7 Å². The minimum Gasteiger partial charge on any atom is -0.332 e. The molecule has 30 heavy (non-hydrogen) atoms. The molecular weight excluding hydrogens is 401 g/mol. The second kappa shape index (κ2) is 9.09. The van der Waals surface area contributed by atoms with Gasteiger partial charge < -0.3 is 4.48 Å². The van der Waals surface area contributed by atoms with E-state index in [4.69, 9.17) is 16.6 Å². The standard InChI is InChI=1S/C24H30BClF2N2/c1-7-20-14(3)23(29-16(20)5)22(19-11-9-18(13-26)10-12-19)24-15(4)21(8-2)17(6)30(24)25(27)28/h9-12,14,22H,7-8,13H2,1-6H3. The van der Waals surface area contributed by atoms with Gasteiger partial charge in [0.25, 0.3) is 0 Å². The van der Waals surface area contributed by atoms with Crippen molar-refractivity contribution in [2.24, 2.45) is 10.9 Å². The van der Waals surface area contributed by atoms with E-state index < -0.39 is 7.40 Å². The molecule has 0 spiro atoms. The molecule has 0 radical (unpaired) electrons. The highest BCUT2D eigenvalue weighted by Crippen LogP contribution is 2.41. The Morgan fingerprint density at radius 1 is 1.10 bits per heavy atom. The Kier molecular flexibility index (Phi) is 6.91. The Labute approximate surface area is 184 Å². The van der Waals surface area contributed by atoms with Crippen LogP contribution in [0.1, 0.15) is 73.7 Å². The van der Waals surface area contributed by atoms with Gasteiger partial charge in [0.1, 0.15) is 0 Å². The summed E-state index contributed by atoms with van der Waals surface area (Å²) in [7, 11) is -2.60. The number of halogens is 3. The van der Waals surface area contributed by atoms with Gasteiger partial charge in [-0.2, -0.15) is 0 Å². The molecule has 2 nitrogen and oxygen atoms in total. The first-order valence-corrected chi connectivity index (χ1v) is 11.2. The van der Waals surface area contributed by atoms with Crippen LogP contribution in [0.25, 0.3) is 0 Å². The van der Waals surface area contributed by atoms with E-state index in [1.807, 2.05) is 45.0 Å². The molecule has 1 aromatic heterocycles. The molecule has 0 saturated carbocycles. The lowest BCUT2D eigenvalue weighted by molar-refractivity contribution is 0.615. The van der Waals surface area contributed by atoms with Gasteiger partial charge in [-0.05, 0) is 61.4 Å². The van der Waals surface area contributed by atoms with Crippen LogP contribution >= 0.6 is 11.6 Å². The SMILES string of the molecule is CCC1=C(C)N=C(C(c2ccc(CCl)cc2)c2c(C)c(CC)c(C)n2B(F)F)C1C. The lowest BCUT2D eigenvalue weighted by Crippen LogP contribution is -2.27. The van der Waals surface area contributed by atoms with Crippen LogP contribution in [0.4, 0.5) is 8.63 Å². The summed E-state index contributed by atoms with van der Waals surface area (Å²) in [4.78, 5) is 4.94. The average molecular weight is 431 g/mol. The lowest BCUT2D eigenvalue weighted by Gasteiger charge is -2.25. The van der Waals surface area contributed by atoms with Crippen molar-refractivity contribution < 1.29 is 8.63 Å². The van der Waals surface area contributed by atoms with Crippen LogP contribution in [0.5, 0.6) is 0 Å². The maximum atomic E-state index is 14.3. The highest BCUT2D eigenvalue weighted by Gasteiger charge is 2.37. The Hall–Kier alpha value is -1.88. The zero-order chi connectivity index (χ0) is 22.2. The number of aromatic nitrogens is 1. The zero-order valence-corrected chi connectivity index (χ0v) is 19.4. The number of allylic oxidation sites excluding steroid dienone is 2. The van der Waals surface area contributed by atoms with Gasteiger partial charge >= 0.3 is 7.40 Å². The van der Waals surface area contributed by atoms with Gasteiger partial charge in [0.2, 0.25) is 0 Å². The van der Waals surface area contributed by atoms with E-state index in [1.165, 1.54) is 10.1 Å². The topological polar surface area (TPSA) is 17.3 Å². The molecule has 0 saturated heterocycles. The molecule has 1 aromatic carbocycles. The second-order valence-corrected chi connectivity index (χ2v) is 8.37. The molecule has 160 valence electrons. The summed E-state index contributed by atoms with van der Waals surface area (Å²) in [6, 6.07) is 7.99. The third-order valence-corrected chi connectivity index (χ3v) is 6.90. The molecule has 3 rings (SSSR count). The molecule has 6 heteroatoms. The quantitative estimate of drug-likeness (QED) is 0.330. The summed E-state index contributed by atoms with van der Waals surface area (Å²) in [6.45, 7) is 12.1. The van der Waals surface area contributed by atoms with Crippen molar-refractivity contribution in [3.63, 3.8) is 0 Å². The number of aliphatic imine (C=N–C) groups is 1. The van der Waals surface area contributed by atoms with E-state index in [0.717, 1.165) is 46.5 Å². The number of rotatable bonds is 7. The van der Waals surface area contributed by atoms with Crippen LogP contribution in [-0.4, -0.2) is 17.6 Å². The van der Waals surface area contributed by atoms with Crippen LogP contribution in [0.15, 0.2) is 40.5 Å². The number of hydrogen-bond donors (Lipinski definition) is 0. The number of alkyl halides is 1. The summed E-state index contributed by atoms with van der Waals surface area (Å²) in [5.74, 6) is 0.226. The van der Waals surface area contributed by atoms with Crippen LogP contribution in [0, 0.1) is 19.8 Å². The molecule has 2 heterocycles. The molecule has 2 atom stereocenters. The normalized spacial score (nSPS) is 17.5. The fourth-order valence-corrected chi connectivity index (χ4v) is 5.24. The number of benzene rings is 1. The fourth-order valence-electron chi connectivity index (χ4n) is 5.06. The van der Waals surface area contributed by atoms with Crippen LogP contribution in [-0.2, 0) is 12.3 Å². The first-order valence-electron chi connectivity index (χ1n) is 10.7. The molecule has 0 aliphatic carbocycles. The first kappa shape index (κ1) is 22.8. The van der Waals surface area contributed by atoms with E-state index >= 15 is 0 Å². The maximum absolute atomic E-state index is 14.3. The predicted molar refractivity (Wildman–Crippen MR) is 124 cm³/mol. The van der Waals surface area contributed by atoms with E-state index in [0.29, 0.717) is 17.3 Å². The van der Waals surface area contributed by atoms with Crippen molar-refractivity contribution in [2.45, 2.75) is 66.2 Å². The van der Waals surface area contributed by atoms with Crippen molar-refractivity contribution in [1.29, 1.82) is 0 Å². The second-order valence-electron chi connectivity index (χ2n) is 8.11. The molecule has 0 bridgehead atoms. The molecule has 0 amide bonds. The van der Waals surface area contributed by atoms with Gasteiger partial charge in [-0.15, -0.1) is 11.6 Å². The minimum atomic E-state index is -2.60. The van der Waals surface area contributed by atoms with Crippen LogP contribution < -0.4 is 0 Å².